The predicted molar refractivity (Wildman–Crippen MR) is 130 cm³/mol. The van der Waals surface area contributed by atoms with E-state index in [0.29, 0.717) is 27.8 Å². The first-order chi connectivity index (χ1) is 15.2. The van der Waals surface area contributed by atoms with Crippen LogP contribution in [0.4, 0.5) is 5.69 Å². The molecule has 32 heavy (non-hydrogen) atoms. The maximum Gasteiger partial charge on any atom is 0.256 e. The summed E-state index contributed by atoms with van der Waals surface area (Å²) in [7, 11) is -3.80. The highest BCUT2D eigenvalue weighted by Gasteiger charge is 2.16. The summed E-state index contributed by atoms with van der Waals surface area (Å²) in [6, 6.07) is 21.2. The van der Waals surface area contributed by atoms with Crippen molar-refractivity contribution in [2.24, 2.45) is 5.14 Å². The molecule has 0 aliphatic carbocycles. The van der Waals surface area contributed by atoms with E-state index in [1.807, 2.05) is 30.3 Å². The quantitative estimate of drug-likeness (QED) is 0.389. The molecule has 0 aliphatic rings. The standard InChI is InChI=1S/C24H20BrN3O3S/c1-2-15-3-5-16(6-4-15)23-14-21(20-13-17(25)7-12-22(20)28-23)24(29)27-18-8-10-19(11-9-18)32(26,30)31/h3-14H,2H2,1H3,(H,27,29)(H2,26,30,31). The summed E-state index contributed by atoms with van der Waals surface area (Å²) in [5, 5.41) is 8.67. The number of aryl methyl sites for hydroxylation is 1. The predicted octanol–water partition coefficient (Wildman–Crippen LogP) is 5.13. The summed E-state index contributed by atoms with van der Waals surface area (Å²) in [5.74, 6) is -0.328. The topological polar surface area (TPSA) is 102 Å². The molecule has 0 bridgehead atoms. The number of benzene rings is 3. The molecule has 3 aromatic carbocycles. The first-order valence-corrected chi connectivity index (χ1v) is 12.2. The molecule has 3 N–H and O–H groups in total. The molecule has 0 radical (unpaired) electrons. The molecule has 8 heteroatoms. The van der Waals surface area contributed by atoms with Crippen LogP contribution in [0.15, 0.2) is 82.2 Å². The van der Waals surface area contributed by atoms with Gasteiger partial charge in [-0.15, -0.1) is 0 Å². The molecule has 0 unspecified atom stereocenters. The lowest BCUT2D eigenvalue weighted by molar-refractivity contribution is 0.102. The minimum Gasteiger partial charge on any atom is -0.322 e. The van der Waals surface area contributed by atoms with E-state index in [0.717, 1.165) is 16.5 Å². The number of carbonyl (C=O) groups is 1. The van der Waals surface area contributed by atoms with Gasteiger partial charge in [-0.1, -0.05) is 47.1 Å². The maximum absolute atomic E-state index is 13.2. The zero-order chi connectivity index (χ0) is 22.9. The van der Waals surface area contributed by atoms with E-state index in [1.54, 1.807) is 6.07 Å². The molecule has 1 heterocycles. The van der Waals surface area contributed by atoms with Crippen LogP contribution >= 0.6 is 15.9 Å². The van der Waals surface area contributed by atoms with Gasteiger partial charge in [-0.25, -0.2) is 18.5 Å². The van der Waals surface area contributed by atoms with Crippen molar-refractivity contribution < 1.29 is 13.2 Å². The maximum atomic E-state index is 13.2. The number of rotatable bonds is 5. The van der Waals surface area contributed by atoms with E-state index in [1.165, 1.54) is 29.8 Å². The number of halogens is 1. The molecule has 4 rings (SSSR count). The van der Waals surface area contributed by atoms with Crippen LogP contribution in [0.5, 0.6) is 0 Å². The number of nitrogens with one attached hydrogen (secondary N) is 1. The van der Waals surface area contributed by atoms with E-state index >= 15 is 0 Å². The summed E-state index contributed by atoms with van der Waals surface area (Å²) in [6.45, 7) is 2.10. The van der Waals surface area contributed by atoms with Gasteiger partial charge in [0.2, 0.25) is 10.0 Å². The van der Waals surface area contributed by atoms with Crippen LogP contribution in [0.1, 0.15) is 22.8 Å². The molecular formula is C24H20BrN3O3S. The average Bonchev–Trinajstić information content (AvgIpc) is 2.78. The van der Waals surface area contributed by atoms with Gasteiger partial charge in [0.25, 0.3) is 5.91 Å². The van der Waals surface area contributed by atoms with Crippen LogP contribution in [0.25, 0.3) is 22.2 Å². The first kappa shape index (κ1) is 22.1. The lowest BCUT2D eigenvalue weighted by Crippen LogP contribution is -2.14. The minimum absolute atomic E-state index is 0.0217. The number of primary sulfonamides is 1. The third-order valence-corrected chi connectivity index (χ3v) is 6.54. The normalized spacial score (nSPS) is 11.5. The Hall–Kier alpha value is -3.07. The first-order valence-electron chi connectivity index (χ1n) is 9.88. The van der Waals surface area contributed by atoms with E-state index in [2.05, 4.69) is 40.3 Å². The molecule has 4 aromatic rings. The van der Waals surface area contributed by atoms with Gasteiger partial charge in [0.05, 0.1) is 21.7 Å². The van der Waals surface area contributed by atoms with Gasteiger partial charge in [-0.2, -0.15) is 0 Å². The fraction of sp³-hybridized carbons (Fsp3) is 0.0833. The Labute approximate surface area is 194 Å². The number of nitrogens with zero attached hydrogens (tertiary/aromatic N) is 1. The van der Waals surface area contributed by atoms with Crippen LogP contribution in [0.2, 0.25) is 0 Å². The highest BCUT2D eigenvalue weighted by atomic mass is 79.9. The molecule has 1 amide bonds. The van der Waals surface area contributed by atoms with Crippen LogP contribution in [0.3, 0.4) is 0 Å². The molecule has 162 valence electrons. The second-order valence-corrected chi connectivity index (χ2v) is 9.77. The highest BCUT2D eigenvalue weighted by molar-refractivity contribution is 9.10. The Morgan fingerprint density at radius 1 is 1.00 bits per heavy atom. The SMILES string of the molecule is CCc1ccc(-c2cc(C(=O)Nc3ccc(S(N)(=O)=O)cc3)c3cc(Br)ccc3n2)cc1. The number of nitrogens with two attached hydrogens (primary N) is 1. The van der Waals surface area contributed by atoms with Gasteiger partial charge in [-0.3, -0.25) is 4.79 Å². The van der Waals surface area contributed by atoms with Crippen molar-refractivity contribution in [3.63, 3.8) is 0 Å². The number of hydrogen-bond donors (Lipinski definition) is 2. The van der Waals surface area contributed by atoms with Gasteiger partial charge in [-0.05, 0) is 60.5 Å². The smallest absolute Gasteiger partial charge is 0.256 e. The zero-order valence-electron chi connectivity index (χ0n) is 17.2. The van der Waals surface area contributed by atoms with Crippen molar-refractivity contribution in [1.82, 2.24) is 4.98 Å². The number of anilines is 1. The Kier molecular flexibility index (Phi) is 6.10. The van der Waals surface area contributed by atoms with Gasteiger partial charge in [0.15, 0.2) is 0 Å². The second-order valence-electron chi connectivity index (χ2n) is 7.29. The average molecular weight is 510 g/mol. The van der Waals surface area contributed by atoms with Crippen LogP contribution in [-0.2, 0) is 16.4 Å². The lowest BCUT2D eigenvalue weighted by atomic mass is 10.0. The third-order valence-electron chi connectivity index (χ3n) is 5.11. The fourth-order valence-corrected chi connectivity index (χ4v) is 4.25. The largest absolute Gasteiger partial charge is 0.322 e. The number of amides is 1. The van der Waals surface area contributed by atoms with Crippen LogP contribution < -0.4 is 10.5 Å². The number of carbonyl (C=O) groups excluding carboxylic acids is 1. The minimum atomic E-state index is -3.80. The monoisotopic (exact) mass is 509 g/mol. The van der Waals surface area contributed by atoms with Crippen molar-refractivity contribution in [3.8, 4) is 11.3 Å². The van der Waals surface area contributed by atoms with Crippen molar-refractivity contribution in [2.75, 3.05) is 5.32 Å². The van der Waals surface area contributed by atoms with Crippen molar-refractivity contribution in [1.29, 1.82) is 0 Å². The van der Waals surface area contributed by atoms with E-state index in [9.17, 15) is 13.2 Å². The molecule has 1 aromatic heterocycles. The summed E-state index contributed by atoms with van der Waals surface area (Å²) >= 11 is 3.46. The van der Waals surface area contributed by atoms with Gasteiger partial charge in [0.1, 0.15) is 0 Å². The summed E-state index contributed by atoms with van der Waals surface area (Å²) < 4.78 is 23.7. The summed E-state index contributed by atoms with van der Waals surface area (Å²) in [6.07, 6.45) is 0.942. The molecule has 0 aliphatic heterocycles. The van der Waals surface area contributed by atoms with E-state index in [4.69, 9.17) is 10.1 Å². The van der Waals surface area contributed by atoms with Crippen molar-refractivity contribution >= 4 is 48.5 Å². The third kappa shape index (κ3) is 4.72. The second kappa shape index (κ2) is 8.82. The number of pyridine rings is 1. The lowest BCUT2D eigenvalue weighted by Gasteiger charge is -2.12. The number of hydrogen-bond acceptors (Lipinski definition) is 4. The number of sulfonamides is 1. The Balaban J connectivity index is 1.75. The molecule has 0 atom stereocenters. The Bertz CT molecular complexity index is 1420. The van der Waals surface area contributed by atoms with E-state index < -0.39 is 10.0 Å². The van der Waals surface area contributed by atoms with Crippen molar-refractivity contribution in [2.45, 2.75) is 18.2 Å². The number of fused-ring (bicyclic) bond motifs is 1. The molecule has 0 saturated heterocycles. The summed E-state index contributed by atoms with van der Waals surface area (Å²) in [4.78, 5) is 17.9. The molecule has 0 spiro atoms. The van der Waals surface area contributed by atoms with Crippen molar-refractivity contribution in [3.05, 3.63) is 88.4 Å². The summed E-state index contributed by atoms with van der Waals surface area (Å²) in [5.41, 5.74) is 4.44. The van der Waals surface area contributed by atoms with Crippen LogP contribution in [0, 0.1) is 0 Å². The number of aromatic nitrogens is 1. The highest BCUT2D eigenvalue weighted by Crippen LogP contribution is 2.28. The molecule has 0 fully saturated rings. The Morgan fingerprint density at radius 2 is 1.69 bits per heavy atom. The molecular weight excluding hydrogens is 490 g/mol. The van der Waals surface area contributed by atoms with Crippen LogP contribution in [-0.4, -0.2) is 19.3 Å². The Morgan fingerprint density at radius 3 is 2.31 bits per heavy atom. The van der Waals surface area contributed by atoms with Gasteiger partial charge in [0, 0.05) is 21.1 Å². The van der Waals surface area contributed by atoms with Gasteiger partial charge >= 0.3 is 0 Å². The van der Waals surface area contributed by atoms with Gasteiger partial charge < -0.3 is 5.32 Å². The fourth-order valence-electron chi connectivity index (χ4n) is 3.37. The van der Waals surface area contributed by atoms with E-state index in [-0.39, 0.29) is 10.8 Å². The molecule has 6 nitrogen and oxygen atoms in total. The zero-order valence-corrected chi connectivity index (χ0v) is 19.6. The molecule has 0 saturated carbocycles.